The Morgan fingerprint density at radius 1 is 1.40 bits per heavy atom. The number of carboxylic acids is 1. The molecule has 0 saturated heterocycles. The number of carboxylic acid groups (broad SMARTS) is 1. The molecule has 15 heavy (non-hydrogen) atoms. The molecule has 0 unspecified atom stereocenters. The van der Waals surface area contributed by atoms with E-state index in [4.69, 9.17) is 5.11 Å². The first kappa shape index (κ1) is 13.7. The number of rotatable bonds is 4. The van der Waals surface area contributed by atoms with Gasteiger partial charge in [0.05, 0.1) is 5.57 Å². The summed E-state index contributed by atoms with van der Waals surface area (Å²) in [5.74, 6) is -0.979. The van der Waals surface area contributed by atoms with E-state index in [-0.39, 0.29) is 11.0 Å². The molecule has 0 heterocycles. The highest BCUT2D eigenvalue weighted by molar-refractivity contribution is 5.89. The molecule has 0 rings (SSSR count). The SMILES string of the molecule is C=C(/C=C\C=C(/C)CC(C)(C)C)C(=O)O. The summed E-state index contributed by atoms with van der Waals surface area (Å²) in [6.45, 7) is 12.0. The summed E-state index contributed by atoms with van der Waals surface area (Å²) in [7, 11) is 0. The fourth-order valence-electron chi connectivity index (χ4n) is 1.30. The predicted octanol–water partition coefficient (Wildman–Crippen LogP) is 3.57. The maximum Gasteiger partial charge on any atom is 0.335 e. The first-order chi connectivity index (χ1) is 6.72. The highest BCUT2D eigenvalue weighted by Crippen LogP contribution is 2.23. The summed E-state index contributed by atoms with van der Waals surface area (Å²) >= 11 is 0. The van der Waals surface area contributed by atoms with E-state index in [0.717, 1.165) is 6.42 Å². The van der Waals surface area contributed by atoms with Crippen LogP contribution in [0.4, 0.5) is 0 Å². The molecule has 0 radical (unpaired) electrons. The molecule has 0 aliphatic rings. The fourth-order valence-corrected chi connectivity index (χ4v) is 1.30. The smallest absolute Gasteiger partial charge is 0.335 e. The van der Waals surface area contributed by atoms with Gasteiger partial charge in [-0.2, -0.15) is 0 Å². The van der Waals surface area contributed by atoms with Crippen LogP contribution in [-0.2, 0) is 4.79 Å². The second-order valence-corrected chi connectivity index (χ2v) is 4.94. The van der Waals surface area contributed by atoms with E-state index in [1.165, 1.54) is 11.6 Å². The highest BCUT2D eigenvalue weighted by atomic mass is 16.4. The quantitative estimate of drug-likeness (QED) is 0.566. The Hall–Kier alpha value is -1.31. The van der Waals surface area contributed by atoms with Crippen LogP contribution < -0.4 is 0 Å². The van der Waals surface area contributed by atoms with Crippen LogP contribution in [0.15, 0.2) is 36.0 Å². The molecule has 0 aliphatic carbocycles. The van der Waals surface area contributed by atoms with Crippen molar-refractivity contribution >= 4 is 5.97 Å². The molecule has 84 valence electrons. The van der Waals surface area contributed by atoms with Crippen LogP contribution in [0.1, 0.15) is 34.1 Å². The Balaban J connectivity index is 4.29. The van der Waals surface area contributed by atoms with E-state index in [0.29, 0.717) is 0 Å². The van der Waals surface area contributed by atoms with E-state index >= 15 is 0 Å². The lowest BCUT2D eigenvalue weighted by Crippen LogP contribution is -2.04. The Morgan fingerprint density at radius 3 is 2.33 bits per heavy atom. The Morgan fingerprint density at radius 2 is 1.93 bits per heavy atom. The molecule has 0 aliphatic heterocycles. The van der Waals surface area contributed by atoms with Crippen molar-refractivity contribution < 1.29 is 9.90 Å². The number of hydrogen-bond acceptors (Lipinski definition) is 1. The molecule has 2 heteroatoms. The largest absolute Gasteiger partial charge is 0.478 e. The van der Waals surface area contributed by atoms with Crippen LogP contribution in [0, 0.1) is 5.41 Å². The third-order valence-corrected chi connectivity index (χ3v) is 1.76. The second-order valence-electron chi connectivity index (χ2n) is 4.94. The molecule has 0 fully saturated rings. The monoisotopic (exact) mass is 208 g/mol. The van der Waals surface area contributed by atoms with Crippen LogP contribution in [0.3, 0.4) is 0 Å². The predicted molar refractivity (Wildman–Crippen MR) is 63.7 cm³/mol. The van der Waals surface area contributed by atoms with Crippen LogP contribution >= 0.6 is 0 Å². The van der Waals surface area contributed by atoms with Gasteiger partial charge in [-0.25, -0.2) is 4.79 Å². The van der Waals surface area contributed by atoms with Crippen molar-refractivity contribution in [1.29, 1.82) is 0 Å². The molecule has 2 nitrogen and oxygen atoms in total. The van der Waals surface area contributed by atoms with E-state index in [1.807, 2.05) is 13.0 Å². The van der Waals surface area contributed by atoms with Crippen molar-refractivity contribution in [2.75, 3.05) is 0 Å². The first-order valence-electron chi connectivity index (χ1n) is 4.98. The molecule has 0 atom stereocenters. The van der Waals surface area contributed by atoms with Crippen LogP contribution in [-0.4, -0.2) is 11.1 Å². The molecular formula is C13H20O2. The van der Waals surface area contributed by atoms with Crippen LogP contribution in [0.2, 0.25) is 0 Å². The summed E-state index contributed by atoms with van der Waals surface area (Å²) in [6, 6.07) is 0. The average Bonchev–Trinajstić information content (AvgIpc) is 2.00. The Labute approximate surface area is 92.0 Å². The Bertz CT molecular complexity index is 301. The molecule has 0 saturated carbocycles. The van der Waals surface area contributed by atoms with Gasteiger partial charge in [0.15, 0.2) is 0 Å². The molecule has 0 amide bonds. The summed E-state index contributed by atoms with van der Waals surface area (Å²) in [6.07, 6.45) is 6.17. The van der Waals surface area contributed by atoms with E-state index in [2.05, 4.69) is 27.4 Å². The summed E-state index contributed by atoms with van der Waals surface area (Å²) in [5, 5.41) is 8.56. The minimum atomic E-state index is -0.979. The lowest BCUT2D eigenvalue weighted by Gasteiger charge is -2.17. The van der Waals surface area contributed by atoms with Gasteiger partial charge in [0, 0.05) is 0 Å². The summed E-state index contributed by atoms with van der Waals surface area (Å²) in [4.78, 5) is 10.4. The van der Waals surface area contributed by atoms with Crippen molar-refractivity contribution in [3.8, 4) is 0 Å². The number of hydrogen-bond donors (Lipinski definition) is 1. The van der Waals surface area contributed by atoms with E-state index in [1.54, 1.807) is 6.08 Å². The van der Waals surface area contributed by atoms with Crippen molar-refractivity contribution in [2.45, 2.75) is 34.1 Å². The molecule has 0 aromatic heterocycles. The molecule has 0 aromatic carbocycles. The van der Waals surface area contributed by atoms with Gasteiger partial charge in [-0.05, 0) is 24.8 Å². The lowest BCUT2D eigenvalue weighted by molar-refractivity contribution is -0.132. The molecule has 0 aromatic rings. The molecule has 1 N–H and O–H groups in total. The first-order valence-corrected chi connectivity index (χ1v) is 4.98. The number of allylic oxidation sites excluding steroid dienone is 3. The lowest BCUT2D eigenvalue weighted by atomic mass is 9.88. The van der Waals surface area contributed by atoms with Gasteiger partial charge >= 0.3 is 5.97 Å². The minimum absolute atomic E-state index is 0.106. The minimum Gasteiger partial charge on any atom is -0.478 e. The molecule has 0 spiro atoms. The van der Waals surface area contributed by atoms with Crippen molar-refractivity contribution in [1.82, 2.24) is 0 Å². The molecule has 0 bridgehead atoms. The maximum atomic E-state index is 10.4. The van der Waals surface area contributed by atoms with Gasteiger partial charge < -0.3 is 5.11 Å². The zero-order valence-corrected chi connectivity index (χ0v) is 10.0. The van der Waals surface area contributed by atoms with Gasteiger partial charge in [0.2, 0.25) is 0 Å². The van der Waals surface area contributed by atoms with Gasteiger partial charge in [-0.3, -0.25) is 0 Å². The van der Waals surface area contributed by atoms with Crippen molar-refractivity contribution in [3.63, 3.8) is 0 Å². The molecular weight excluding hydrogens is 188 g/mol. The Kier molecular flexibility index (Phi) is 5.06. The third kappa shape index (κ3) is 7.74. The van der Waals surface area contributed by atoms with Crippen LogP contribution in [0.25, 0.3) is 0 Å². The maximum absolute atomic E-state index is 10.4. The van der Waals surface area contributed by atoms with Gasteiger partial charge in [0.25, 0.3) is 0 Å². The fraction of sp³-hybridized carbons (Fsp3) is 0.462. The number of carbonyl (C=O) groups is 1. The third-order valence-electron chi connectivity index (χ3n) is 1.76. The van der Waals surface area contributed by atoms with Gasteiger partial charge in [-0.15, -0.1) is 0 Å². The van der Waals surface area contributed by atoms with E-state index < -0.39 is 5.97 Å². The number of aliphatic carboxylic acids is 1. The average molecular weight is 208 g/mol. The zero-order valence-electron chi connectivity index (χ0n) is 10.0. The standard InChI is InChI=1S/C13H20O2/c1-10(9-13(3,4)5)7-6-8-11(2)12(14)15/h6-8H,2,9H2,1,3-5H3,(H,14,15)/b8-6-,10-7+. The normalized spacial score (nSPS) is 13.2. The van der Waals surface area contributed by atoms with Crippen molar-refractivity contribution in [2.24, 2.45) is 5.41 Å². The summed E-state index contributed by atoms with van der Waals surface area (Å²) < 4.78 is 0. The second kappa shape index (κ2) is 5.54. The van der Waals surface area contributed by atoms with Crippen molar-refractivity contribution in [3.05, 3.63) is 36.0 Å². The topological polar surface area (TPSA) is 37.3 Å². The van der Waals surface area contributed by atoms with E-state index in [9.17, 15) is 4.79 Å². The van der Waals surface area contributed by atoms with Crippen LogP contribution in [0.5, 0.6) is 0 Å². The summed E-state index contributed by atoms with van der Waals surface area (Å²) in [5.41, 5.74) is 1.60. The van der Waals surface area contributed by atoms with Gasteiger partial charge in [-0.1, -0.05) is 45.1 Å². The van der Waals surface area contributed by atoms with Gasteiger partial charge in [0.1, 0.15) is 0 Å². The zero-order chi connectivity index (χ0) is 12.1. The highest BCUT2D eigenvalue weighted by Gasteiger charge is 2.09.